The van der Waals surface area contributed by atoms with Gasteiger partial charge in [-0.15, -0.1) is 0 Å². The molecule has 0 fully saturated rings. The van der Waals surface area contributed by atoms with Crippen LogP contribution < -0.4 is 19.9 Å². The second kappa shape index (κ2) is 7.92. The lowest BCUT2D eigenvalue weighted by Gasteiger charge is -2.13. The molecule has 0 saturated carbocycles. The van der Waals surface area contributed by atoms with Gasteiger partial charge >= 0.3 is 15.5 Å². The average Bonchev–Trinajstić information content (AvgIpc) is 2.65. The monoisotopic (exact) mass is 424 g/mol. The van der Waals surface area contributed by atoms with Gasteiger partial charge in [0.15, 0.2) is 11.5 Å². The molecular formula is C19H15F3N2O4S. The van der Waals surface area contributed by atoms with Crippen molar-refractivity contribution < 1.29 is 31.1 Å². The Hall–Kier alpha value is -3.40. The summed E-state index contributed by atoms with van der Waals surface area (Å²) in [5, 5.41) is 0. The maximum Gasteiger partial charge on any atom is 0.516 e. The Morgan fingerprint density at radius 1 is 0.759 bits per heavy atom. The molecule has 152 valence electrons. The Morgan fingerprint density at radius 2 is 1.21 bits per heavy atom. The van der Waals surface area contributed by atoms with Crippen LogP contribution in [-0.2, 0) is 10.0 Å². The summed E-state index contributed by atoms with van der Waals surface area (Å²) in [5.74, 6) is 1.56. The minimum atomic E-state index is -5.49. The maximum absolute atomic E-state index is 12.4. The molecule has 0 aliphatic rings. The molecule has 0 heterocycles. The highest BCUT2D eigenvalue weighted by molar-refractivity contribution is 7.93. The number of para-hydroxylation sites is 2. The van der Waals surface area contributed by atoms with Crippen molar-refractivity contribution in [3.05, 3.63) is 72.8 Å². The zero-order valence-electron chi connectivity index (χ0n) is 14.7. The summed E-state index contributed by atoms with van der Waals surface area (Å²) in [6.45, 7) is 0. The summed E-state index contributed by atoms with van der Waals surface area (Å²) < 4.78 is 72.5. The number of ether oxygens (including phenoxy) is 2. The zero-order chi connectivity index (χ0) is 21.1. The smallest absolute Gasteiger partial charge is 0.453 e. The molecule has 0 aliphatic heterocycles. The molecule has 10 heteroatoms. The first-order chi connectivity index (χ1) is 13.6. The van der Waals surface area contributed by atoms with Crippen molar-refractivity contribution in [1.82, 2.24) is 0 Å². The highest BCUT2D eigenvalue weighted by atomic mass is 32.2. The molecule has 0 bridgehead atoms. The first-order valence-electron chi connectivity index (χ1n) is 8.13. The van der Waals surface area contributed by atoms with Crippen LogP contribution in [0.2, 0.25) is 0 Å². The Bertz CT molecular complexity index is 1080. The van der Waals surface area contributed by atoms with Crippen LogP contribution in [0.1, 0.15) is 0 Å². The Morgan fingerprint density at radius 3 is 1.66 bits per heavy atom. The lowest BCUT2D eigenvalue weighted by Crippen LogP contribution is -2.29. The summed E-state index contributed by atoms with van der Waals surface area (Å²) in [6.07, 6.45) is 0. The highest BCUT2D eigenvalue weighted by Gasteiger charge is 2.46. The lowest BCUT2D eigenvalue weighted by atomic mass is 10.3. The number of hydrogen-bond donors (Lipinski definition) is 2. The number of rotatable bonds is 6. The molecule has 0 radical (unpaired) electrons. The van der Waals surface area contributed by atoms with Crippen LogP contribution in [0.4, 0.5) is 24.5 Å². The molecule has 0 aromatic heterocycles. The first-order valence-corrected chi connectivity index (χ1v) is 9.62. The quantitative estimate of drug-likeness (QED) is 0.537. The summed E-state index contributed by atoms with van der Waals surface area (Å²) in [4.78, 5) is 0. The van der Waals surface area contributed by atoms with E-state index in [-0.39, 0.29) is 11.4 Å². The van der Waals surface area contributed by atoms with E-state index in [2.05, 4.69) is 0 Å². The average molecular weight is 424 g/mol. The summed E-state index contributed by atoms with van der Waals surface area (Å²) >= 11 is 0. The van der Waals surface area contributed by atoms with Gasteiger partial charge < -0.3 is 15.2 Å². The number of nitrogens with one attached hydrogen (secondary N) is 1. The molecule has 0 amide bonds. The van der Waals surface area contributed by atoms with Crippen molar-refractivity contribution in [3.63, 3.8) is 0 Å². The number of halogens is 3. The van der Waals surface area contributed by atoms with Crippen molar-refractivity contribution in [2.45, 2.75) is 5.51 Å². The maximum atomic E-state index is 12.4. The summed E-state index contributed by atoms with van der Waals surface area (Å²) in [5.41, 5.74) is 0.576. The number of nitrogen functional groups attached to an aromatic ring is 1. The van der Waals surface area contributed by atoms with Gasteiger partial charge in [0.05, 0.1) is 0 Å². The van der Waals surface area contributed by atoms with Gasteiger partial charge in [-0.1, -0.05) is 12.1 Å². The third kappa shape index (κ3) is 5.11. The van der Waals surface area contributed by atoms with Gasteiger partial charge in [0, 0.05) is 11.4 Å². The first kappa shape index (κ1) is 20.3. The van der Waals surface area contributed by atoms with Crippen molar-refractivity contribution in [2.24, 2.45) is 0 Å². The van der Waals surface area contributed by atoms with Crippen LogP contribution in [0.25, 0.3) is 0 Å². The fourth-order valence-corrected chi connectivity index (χ4v) is 2.77. The minimum absolute atomic E-state index is 0.249. The van der Waals surface area contributed by atoms with Gasteiger partial charge in [-0.3, -0.25) is 4.72 Å². The van der Waals surface area contributed by atoms with E-state index in [0.717, 1.165) is 12.1 Å². The Kier molecular flexibility index (Phi) is 5.55. The fourth-order valence-electron chi connectivity index (χ4n) is 2.21. The van der Waals surface area contributed by atoms with E-state index in [1.54, 1.807) is 48.5 Å². The molecule has 3 rings (SSSR count). The third-order valence-corrected chi connectivity index (χ3v) is 4.71. The van der Waals surface area contributed by atoms with Crippen LogP contribution in [0, 0.1) is 0 Å². The molecule has 0 saturated heterocycles. The lowest BCUT2D eigenvalue weighted by molar-refractivity contribution is -0.0429. The van der Waals surface area contributed by atoms with Gasteiger partial charge in [0.25, 0.3) is 0 Å². The normalized spacial score (nSPS) is 11.7. The molecule has 0 spiro atoms. The Balaban J connectivity index is 1.75. The number of hydrogen-bond acceptors (Lipinski definition) is 5. The topological polar surface area (TPSA) is 90.7 Å². The molecule has 29 heavy (non-hydrogen) atoms. The van der Waals surface area contributed by atoms with Crippen molar-refractivity contribution in [3.8, 4) is 23.0 Å². The molecule has 0 unspecified atom stereocenters. The predicted molar refractivity (Wildman–Crippen MR) is 102 cm³/mol. The van der Waals surface area contributed by atoms with Crippen LogP contribution in [0.5, 0.6) is 23.0 Å². The molecule has 3 aromatic rings. The van der Waals surface area contributed by atoms with Crippen LogP contribution >= 0.6 is 0 Å². The largest absolute Gasteiger partial charge is 0.516 e. The fraction of sp³-hybridized carbons (Fsp3) is 0.0526. The molecule has 0 atom stereocenters. The minimum Gasteiger partial charge on any atom is -0.453 e. The van der Waals surface area contributed by atoms with Gasteiger partial charge in [-0.25, -0.2) is 0 Å². The highest BCUT2D eigenvalue weighted by Crippen LogP contribution is 2.35. The van der Waals surface area contributed by atoms with Crippen LogP contribution in [0.3, 0.4) is 0 Å². The second-order valence-corrected chi connectivity index (χ2v) is 7.47. The molecule has 0 aliphatic carbocycles. The standard InChI is InChI=1S/C19H15F3N2O4S/c20-19(21,22)29(25,26)24-14-7-11-16(12-8-14)28-18-4-2-1-3-17(18)27-15-9-5-13(23)6-10-15/h1-12,24H,23H2. The van der Waals surface area contributed by atoms with Gasteiger partial charge in [-0.05, 0) is 60.7 Å². The van der Waals surface area contributed by atoms with E-state index >= 15 is 0 Å². The SMILES string of the molecule is Nc1ccc(Oc2ccccc2Oc2ccc(NS(=O)(=O)C(F)(F)F)cc2)cc1. The predicted octanol–water partition coefficient (Wildman–Crippen LogP) is 5.11. The number of alkyl halides is 3. The van der Waals surface area contributed by atoms with Gasteiger partial charge in [0.2, 0.25) is 0 Å². The van der Waals surface area contributed by atoms with Crippen molar-refractivity contribution in [2.75, 3.05) is 10.5 Å². The van der Waals surface area contributed by atoms with E-state index in [1.165, 1.54) is 16.9 Å². The Labute approximate surface area is 164 Å². The van der Waals surface area contributed by atoms with Crippen LogP contribution in [0.15, 0.2) is 72.8 Å². The van der Waals surface area contributed by atoms with Crippen molar-refractivity contribution in [1.29, 1.82) is 0 Å². The van der Waals surface area contributed by atoms with E-state index in [4.69, 9.17) is 15.2 Å². The van der Waals surface area contributed by atoms with Crippen LogP contribution in [-0.4, -0.2) is 13.9 Å². The van der Waals surface area contributed by atoms with Crippen molar-refractivity contribution >= 4 is 21.4 Å². The number of sulfonamides is 1. The summed E-state index contributed by atoms with van der Waals surface area (Å²) in [7, 11) is -5.49. The zero-order valence-corrected chi connectivity index (χ0v) is 15.5. The number of benzene rings is 3. The molecular weight excluding hydrogens is 409 g/mol. The number of nitrogens with two attached hydrogens (primary N) is 1. The molecule has 3 aromatic carbocycles. The molecule has 6 nitrogen and oxygen atoms in total. The molecule has 3 N–H and O–H groups in total. The van der Waals surface area contributed by atoms with E-state index in [1.807, 2.05) is 0 Å². The van der Waals surface area contributed by atoms with Gasteiger partial charge in [-0.2, -0.15) is 21.6 Å². The van der Waals surface area contributed by atoms with E-state index < -0.39 is 15.5 Å². The summed E-state index contributed by atoms with van der Waals surface area (Å²) in [6, 6.07) is 18.5. The van der Waals surface area contributed by atoms with E-state index in [0.29, 0.717) is 22.9 Å². The van der Waals surface area contributed by atoms with E-state index in [9.17, 15) is 21.6 Å². The second-order valence-electron chi connectivity index (χ2n) is 5.80. The van der Waals surface area contributed by atoms with Gasteiger partial charge in [0.1, 0.15) is 11.5 Å². The third-order valence-electron chi connectivity index (χ3n) is 3.60. The number of anilines is 2.